The second-order valence-corrected chi connectivity index (χ2v) is 4.72. The van der Waals surface area contributed by atoms with Gasteiger partial charge in [-0.25, -0.2) is 14.5 Å². The van der Waals surface area contributed by atoms with Gasteiger partial charge in [-0.2, -0.15) is 0 Å². The lowest BCUT2D eigenvalue weighted by Crippen LogP contribution is -1.89. The molecule has 18 heavy (non-hydrogen) atoms. The Morgan fingerprint density at radius 3 is 2.78 bits per heavy atom. The largest absolute Gasteiger partial charge is 0.224 e. The first kappa shape index (κ1) is 11.7. The maximum Gasteiger partial charge on any atom is 0.183 e. The molecule has 0 radical (unpaired) electrons. The Balaban J connectivity index is 2.22. The first-order chi connectivity index (χ1) is 8.65. The van der Waals surface area contributed by atoms with E-state index in [1.54, 1.807) is 24.3 Å². The van der Waals surface area contributed by atoms with Gasteiger partial charge in [0.05, 0.1) is 10.0 Å². The van der Waals surface area contributed by atoms with Crippen LogP contribution in [-0.2, 0) is 0 Å². The number of hydrogen-bond acceptors (Lipinski definition) is 3. The van der Waals surface area contributed by atoms with E-state index in [-0.39, 0.29) is 0 Å². The zero-order valence-electron chi connectivity index (χ0n) is 8.81. The Morgan fingerprint density at radius 1 is 1.11 bits per heavy atom. The van der Waals surface area contributed by atoms with Crippen molar-refractivity contribution in [2.75, 3.05) is 0 Å². The van der Waals surface area contributed by atoms with Crippen LogP contribution in [0, 0.1) is 0 Å². The first-order valence-corrected chi connectivity index (χ1v) is 6.11. The fourth-order valence-electron chi connectivity index (χ4n) is 1.56. The second kappa shape index (κ2) is 4.39. The summed E-state index contributed by atoms with van der Waals surface area (Å²) in [6.45, 7) is 0. The number of fused-ring (bicyclic) bond motifs is 1. The third-order valence-corrected chi connectivity index (χ3v) is 3.41. The molecule has 0 aliphatic carbocycles. The molecule has 0 aliphatic heterocycles. The Labute approximate surface area is 117 Å². The summed E-state index contributed by atoms with van der Waals surface area (Å²) in [7, 11) is 0. The minimum atomic E-state index is 0.360. The molecular formula is C11H5Cl3N4. The van der Waals surface area contributed by atoms with Crippen LogP contribution in [0.2, 0.25) is 15.2 Å². The summed E-state index contributed by atoms with van der Waals surface area (Å²) in [4.78, 5) is 8.25. The van der Waals surface area contributed by atoms with Gasteiger partial charge < -0.3 is 0 Å². The third-order valence-electron chi connectivity index (χ3n) is 2.39. The molecule has 0 atom stereocenters. The highest BCUT2D eigenvalue weighted by Crippen LogP contribution is 2.31. The van der Waals surface area contributed by atoms with Crippen molar-refractivity contribution < 1.29 is 0 Å². The zero-order valence-corrected chi connectivity index (χ0v) is 11.1. The van der Waals surface area contributed by atoms with Crippen molar-refractivity contribution >= 4 is 40.4 Å². The molecule has 90 valence electrons. The number of hydrogen-bond donors (Lipinski definition) is 0. The monoisotopic (exact) mass is 298 g/mol. The molecule has 2 heterocycles. The minimum Gasteiger partial charge on any atom is -0.224 e. The summed E-state index contributed by atoms with van der Waals surface area (Å²) < 4.78 is 1.53. The van der Waals surface area contributed by atoms with Crippen LogP contribution >= 0.6 is 34.8 Å². The number of rotatable bonds is 1. The van der Waals surface area contributed by atoms with E-state index in [0.29, 0.717) is 32.2 Å². The Morgan fingerprint density at radius 2 is 1.94 bits per heavy atom. The molecule has 1 aromatic carbocycles. The van der Waals surface area contributed by atoms with E-state index in [2.05, 4.69) is 15.1 Å². The summed E-state index contributed by atoms with van der Waals surface area (Å²) in [6.07, 6.45) is 1.49. The van der Waals surface area contributed by atoms with Crippen molar-refractivity contribution in [3.05, 3.63) is 45.8 Å². The van der Waals surface area contributed by atoms with Crippen LogP contribution in [0.3, 0.4) is 0 Å². The van der Waals surface area contributed by atoms with Crippen molar-refractivity contribution in [3.8, 4) is 11.4 Å². The summed E-state index contributed by atoms with van der Waals surface area (Å²) in [6, 6.07) is 6.93. The van der Waals surface area contributed by atoms with Crippen molar-refractivity contribution in [3.63, 3.8) is 0 Å². The quantitative estimate of drug-likeness (QED) is 0.643. The summed E-state index contributed by atoms with van der Waals surface area (Å²) >= 11 is 17.9. The van der Waals surface area contributed by atoms with Crippen molar-refractivity contribution in [1.82, 2.24) is 19.6 Å². The lowest BCUT2D eigenvalue weighted by molar-refractivity contribution is 0.925. The number of aromatic nitrogens is 4. The van der Waals surface area contributed by atoms with Gasteiger partial charge >= 0.3 is 0 Å². The predicted octanol–water partition coefficient (Wildman–Crippen LogP) is 3.75. The molecule has 3 rings (SSSR count). The van der Waals surface area contributed by atoms with Gasteiger partial charge in [0.25, 0.3) is 0 Å². The van der Waals surface area contributed by atoms with Crippen LogP contribution in [-0.4, -0.2) is 19.6 Å². The smallest absolute Gasteiger partial charge is 0.183 e. The van der Waals surface area contributed by atoms with Gasteiger partial charge in [-0.3, -0.25) is 0 Å². The lowest BCUT2D eigenvalue weighted by atomic mass is 10.2. The van der Waals surface area contributed by atoms with Gasteiger partial charge in [-0.15, -0.1) is 5.10 Å². The molecule has 0 N–H and O–H groups in total. The highest BCUT2D eigenvalue weighted by atomic mass is 35.5. The van der Waals surface area contributed by atoms with E-state index < -0.39 is 0 Å². The molecule has 7 heteroatoms. The molecule has 2 aromatic heterocycles. The first-order valence-electron chi connectivity index (χ1n) is 4.97. The molecule has 0 saturated carbocycles. The average Bonchev–Trinajstić information content (AvgIpc) is 2.75. The van der Waals surface area contributed by atoms with E-state index in [0.717, 1.165) is 0 Å². The number of benzene rings is 1. The van der Waals surface area contributed by atoms with Gasteiger partial charge in [0, 0.05) is 11.6 Å². The highest BCUT2D eigenvalue weighted by molar-refractivity contribution is 6.43. The normalized spacial score (nSPS) is 11.1. The van der Waals surface area contributed by atoms with E-state index in [1.807, 2.05) is 0 Å². The van der Waals surface area contributed by atoms with Crippen LogP contribution < -0.4 is 0 Å². The highest BCUT2D eigenvalue weighted by Gasteiger charge is 2.12. The maximum absolute atomic E-state index is 6.12. The molecule has 0 spiro atoms. The third kappa shape index (κ3) is 1.92. The lowest BCUT2D eigenvalue weighted by Gasteiger charge is -2.00. The van der Waals surface area contributed by atoms with Gasteiger partial charge in [0.1, 0.15) is 11.5 Å². The van der Waals surface area contributed by atoms with E-state index >= 15 is 0 Å². The molecule has 4 nitrogen and oxygen atoms in total. The van der Waals surface area contributed by atoms with E-state index in [4.69, 9.17) is 34.8 Å². The second-order valence-electron chi connectivity index (χ2n) is 3.55. The van der Waals surface area contributed by atoms with Gasteiger partial charge in [-0.1, -0.05) is 40.9 Å². The average molecular weight is 300 g/mol. The van der Waals surface area contributed by atoms with Crippen LogP contribution in [0.15, 0.2) is 30.6 Å². The molecule has 0 amide bonds. The molecule has 0 unspecified atom stereocenters. The molecule has 0 bridgehead atoms. The minimum absolute atomic E-state index is 0.360. The fraction of sp³-hybridized carbons (Fsp3) is 0. The van der Waals surface area contributed by atoms with Crippen LogP contribution in [0.5, 0.6) is 0 Å². The van der Waals surface area contributed by atoms with E-state index in [1.165, 1.54) is 10.8 Å². The summed E-state index contributed by atoms with van der Waals surface area (Å²) in [5.41, 5.74) is 1.27. The van der Waals surface area contributed by atoms with Gasteiger partial charge in [0.2, 0.25) is 0 Å². The fourth-order valence-corrected chi connectivity index (χ4v) is 2.09. The van der Waals surface area contributed by atoms with Gasteiger partial charge in [-0.05, 0) is 12.1 Å². The zero-order chi connectivity index (χ0) is 12.7. The SMILES string of the molecule is Clc1cc2nc(-c3cccc(Cl)c3Cl)nn2cn1. The standard InChI is InChI=1S/C11H5Cl3N4/c12-7-3-1-2-6(10(7)14)11-16-9-4-8(13)15-5-18(9)17-11/h1-5H. The van der Waals surface area contributed by atoms with Crippen molar-refractivity contribution in [1.29, 1.82) is 0 Å². The topological polar surface area (TPSA) is 43.1 Å². The van der Waals surface area contributed by atoms with Crippen LogP contribution in [0.4, 0.5) is 0 Å². The van der Waals surface area contributed by atoms with Crippen LogP contribution in [0.1, 0.15) is 0 Å². The molecular weight excluding hydrogens is 295 g/mol. The van der Waals surface area contributed by atoms with Crippen LogP contribution in [0.25, 0.3) is 17.0 Å². The maximum atomic E-state index is 6.12. The Kier molecular flexibility index (Phi) is 2.86. The summed E-state index contributed by atoms with van der Waals surface area (Å²) in [5.74, 6) is 0.478. The summed E-state index contributed by atoms with van der Waals surface area (Å²) in [5, 5.41) is 5.51. The van der Waals surface area contributed by atoms with Crippen molar-refractivity contribution in [2.45, 2.75) is 0 Å². The Hall–Kier alpha value is -1.36. The molecule has 0 fully saturated rings. The number of halogens is 3. The molecule has 0 aliphatic rings. The van der Waals surface area contributed by atoms with Crippen molar-refractivity contribution in [2.24, 2.45) is 0 Å². The Bertz CT molecular complexity index is 738. The van der Waals surface area contributed by atoms with Gasteiger partial charge in [0.15, 0.2) is 11.5 Å². The molecule has 0 saturated heterocycles. The van der Waals surface area contributed by atoms with E-state index in [9.17, 15) is 0 Å². The molecule has 3 aromatic rings. The predicted molar refractivity (Wildman–Crippen MR) is 71.2 cm³/mol. The number of nitrogens with zero attached hydrogens (tertiary/aromatic N) is 4.